The monoisotopic (exact) mass is 388 g/mol. The minimum absolute atomic E-state index is 0.00833. The summed E-state index contributed by atoms with van der Waals surface area (Å²) < 4.78 is 49.6. The number of nitrogens with zero attached hydrogens (tertiary/aromatic N) is 1. The van der Waals surface area contributed by atoms with Crippen LogP contribution in [0.2, 0.25) is 0 Å². The number of sulfonamides is 1. The molecule has 7 nitrogen and oxygen atoms in total. The zero-order valence-corrected chi connectivity index (χ0v) is 16.1. The van der Waals surface area contributed by atoms with Gasteiger partial charge in [0.05, 0.1) is 16.4 Å². The molecule has 0 bridgehead atoms. The number of rotatable bonds is 7. The van der Waals surface area contributed by atoms with Gasteiger partial charge in [0.2, 0.25) is 10.0 Å². The first-order valence-corrected chi connectivity index (χ1v) is 11.5. The van der Waals surface area contributed by atoms with Crippen molar-refractivity contribution in [1.82, 2.24) is 9.62 Å². The molecule has 0 radical (unpaired) electrons. The van der Waals surface area contributed by atoms with Gasteiger partial charge in [0.1, 0.15) is 0 Å². The molecule has 140 valence electrons. The van der Waals surface area contributed by atoms with Crippen LogP contribution < -0.4 is 5.32 Å². The van der Waals surface area contributed by atoms with Crippen molar-refractivity contribution in [3.8, 4) is 0 Å². The highest BCUT2D eigenvalue weighted by Crippen LogP contribution is 2.23. The van der Waals surface area contributed by atoms with E-state index < -0.39 is 25.9 Å². The molecule has 0 aromatic heterocycles. The number of carbonyl (C=O) groups excluding carboxylic acids is 1. The largest absolute Gasteiger partial charge is 0.352 e. The fourth-order valence-corrected chi connectivity index (χ4v) is 5.94. The first-order chi connectivity index (χ1) is 11.7. The van der Waals surface area contributed by atoms with E-state index in [9.17, 15) is 21.6 Å². The fraction of sp³-hybridized carbons (Fsp3) is 0.562. The van der Waals surface area contributed by atoms with Crippen molar-refractivity contribution >= 4 is 25.8 Å². The Bertz CT molecular complexity index is 817. The Morgan fingerprint density at radius 2 is 1.92 bits per heavy atom. The first-order valence-electron chi connectivity index (χ1n) is 8.24. The van der Waals surface area contributed by atoms with E-state index in [1.165, 1.54) is 31.3 Å². The second-order valence-corrected chi connectivity index (χ2v) is 10.4. The van der Waals surface area contributed by atoms with Crippen LogP contribution in [0.25, 0.3) is 0 Å². The number of hydrogen-bond donors (Lipinski definition) is 1. The predicted octanol–water partition coefficient (Wildman–Crippen LogP) is 1.02. The van der Waals surface area contributed by atoms with E-state index in [0.29, 0.717) is 18.5 Å². The average molecular weight is 389 g/mol. The van der Waals surface area contributed by atoms with Crippen LogP contribution in [-0.4, -0.2) is 58.2 Å². The lowest BCUT2D eigenvalue weighted by Crippen LogP contribution is -2.37. The van der Waals surface area contributed by atoms with E-state index in [0.717, 1.165) is 17.1 Å². The number of carbonyl (C=O) groups is 1. The summed E-state index contributed by atoms with van der Waals surface area (Å²) in [7, 11) is -5.57. The summed E-state index contributed by atoms with van der Waals surface area (Å²) in [6, 6.07) is 5.14. The lowest BCUT2D eigenvalue weighted by atomic mass is 10.2. The van der Waals surface area contributed by atoms with Crippen molar-refractivity contribution in [2.24, 2.45) is 0 Å². The molecule has 1 aliphatic rings. The topological polar surface area (TPSA) is 101 Å². The molecule has 1 saturated heterocycles. The lowest BCUT2D eigenvalue weighted by molar-refractivity contribution is 0.0953. The molecule has 1 unspecified atom stereocenters. The molecule has 1 amide bonds. The number of benzene rings is 1. The quantitative estimate of drug-likeness (QED) is 0.703. The van der Waals surface area contributed by atoms with Gasteiger partial charge in [0.25, 0.3) is 5.91 Å². The Morgan fingerprint density at radius 1 is 1.28 bits per heavy atom. The van der Waals surface area contributed by atoms with Crippen LogP contribution in [0.1, 0.15) is 36.5 Å². The van der Waals surface area contributed by atoms with E-state index in [1.54, 1.807) is 0 Å². The van der Waals surface area contributed by atoms with Crippen molar-refractivity contribution in [2.75, 3.05) is 25.1 Å². The Morgan fingerprint density at radius 3 is 2.44 bits per heavy atom. The van der Waals surface area contributed by atoms with Crippen LogP contribution in [0, 0.1) is 0 Å². The van der Waals surface area contributed by atoms with Crippen LogP contribution in [-0.2, 0) is 19.9 Å². The predicted molar refractivity (Wildman–Crippen MR) is 95.7 cm³/mol. The fourth-order valence-electron chi connectivity index (χ4n) is 2.68. The number of hydrogen-bond acceptors (Lipinski definition) is 5. The molecule has 1 aromatic rings. The van der Waals surface area contributed by atoms with Gasteiger partial charge >= 0.3 is 0 Å². The lowest BCUT2D eigenvalue weighted by Gasteiger charge is -2.22. The van der Waals surface area contributed by atoms with E-state index in [2.05, 4.69) is 5.32 Å². The van der Waals surface area contributed by atoms with Crippen molar-refractivity contribution in [3.63, 3.8) is 0 Å². The average Bonchev–Trinajstić information content (AvgIpc) is 2.94. The minimum atomic E-state index is -3.80. The van der Waals surface area contributed by atoms with Gasteiger partial charge in [-0.2, -0.15) is 4.31 Å². The molecule has 2 rings (SSSR count). The van der Waals surface area contributed by atoms with Gasteiger partial charge in [0.15, 0.2) is 9.84 Å². The van der Waals surface area contributed by atoms with E-state index in [1.807, 2.05) is 6.92 Å². The van der Waals surface area contributed by atoms with Gasteiger partial charge in [-0.15, -0.1) is 0 Å². The van der Waals surface area contributed by atoms with Crippen LogP contribution in [0.4, 0.5) is 0 Å². The molecular formula is C16H24N2O5S2. The normalized spacial score (nSPS) is 19.9. The Balaban J connectivity index is 2.11. The maximum absolute atomic E-state index is 12.7. The van der Waals surface area contributed by atoms with Crippen LogP contribution >= 0.6 is 0 Å². The summed E-state index contributed by atoms with van der Waals surface area (Å²) in [5, 5.41) is 2.77. The molecule has 1 fully saturated rings. The third-order valence-electron chi connectivity index (χ3n) is 4.33. The summed E-state index contributed by atoms with van der Waals surface area (Å²) in [5.41, 5.74) is 0.390. The highest BCUT2D eigenvalue weighted by Gasteiger charge is 2.36. The molecule has 0 spiro atoms. The maximum atomic E-state index is 12.7. The number of amides is 1. The van der Waals surface area contributed by atoms with Crippen molar-refractivity contribution in [1.29, 1.82) is 0 Å². The van der Waals surface area contributed by atoms with Gasteiger partial charge in [-0.3, -0.25) is 4.79 Å². The highest BCUT2D eigenvalue weighted by molar-refractivity contribution is 7.92. The maximum Gasteiger partial charge on any atom is 0.251 e. The zero-order chi connectivity index (χ0) is 18.7. The van der Waals surface area contributed by atoms with Crippen molar-refractivity contribution < 1.29 is 21.6 Å². The van der Waals surface area contributed by atoms with Gasteiger partial charge in [-0.05, 0) is 37.1 Å². The summed E-state index contributed by atoms with van der Waals surface area (Å²) in [6.45, 7) is 2.60. The second kappa shape index (κ2) is 7.84. The van der Waals surface area contributed by atoms with Crippen molar-refractivity contribution in [2.45, 2.75) is 37.1 Å². The molecule has 25 heavy (non-hydrogen) atoms. The van der Waals surface area contributed by atoms with Crippen LogP contribution in [0.15, 0.2) is 29.2 Å². The summed E-state index contributed by atoms with van der Waals surface area (Å²) >= 11 is 0. The van der Waals surface area contributed by atoms with E-state index in [4.69, 9.17) is 0 Å². The van der Waals surface area contributed by atoms with E-state index in [-0.39, 0.29) is 22.3 Å². The van der Waals surface area contributed by atoms with Gasteiger partial charge in [0, 0.05) is 25.2 Å². The molecule has 1 heterocycles. The Hall–Kier alpha value is -1.45. The highest BCUT2D eigenvalue weighted by atomic mass is 32.2. The number of nitrogens with one attached hydrogen (secondary N) is 1. The van der Waals surface area contributed by atoms with Crippen LogP contribution in [0.5, 0.6) is 0 Å². The molecule has 1 aliphatic heterocycles. The molecular weight excluding hydrogens is 364 g/mol. The summed E-state index contributed by atoms with van der Waals surface area (Å²) in [4.78, 5) is 12.0. The molecule has 1 aromatic carbocycles. The third kappa shape index (κ3) is 4.80. The van der Waals surface area contributed by atoms with E-state index >= 15 is 0 Å². The van der Waals surface area contributed by atoms with Gasteiger partial charge < -0.3 is 5.32 Å². The molecule has 0 aliphatic carbocycles. The van der Waals surface area contributed by atoms with Crippen molar-refractivity contribution in [3.05, 3.63) is 29.8 Å². The summed E-state index contributed by atoms with van der Waals surface area (Å²) in [5.74, 6) is -0.387. The zero-order valence-electron chi connectivity index (χ0n) is 14.4. The standard InChI is InChI=1S/C16H24N2O5S2/c1-3-4-10-17-16(19)13-5-7-15(8-6-13)25(22,23)18(2)14-9-11-24(20,21)12-14/h5-8,14H,3-4,9-12H2,1-2H3,(H,17,19). The Kier molecular flexibility index (Phi) is 6.23. The number of unbranched alkanes of at least 4 members (excludes halogenated alkanes) is 1. The third-order valence-corrected chi connectivity index (χ3v) is 8.01. The second-order valence-electron chi connectivity index (χ2n) is 6.21. The van der Waals surface area contributed by atoms with Gasteiger partial charge in [-0.25, -0.2) is 16.8 Å². The molecule has 1 N–H and O–H groups in total. The first kappa shape index (κ1) is 19.9. The SMILES string of the molecule is CCCCNC(=O)c1ccc(S(=O)(=O)N(C)C2CCS(=O)(=O)C2)cc1. The van der Waals surface area contributed by atoms with Crippen LogP contribution in [0.3, 0.4) is 0 Å². The molecule has 1 atom stereocenters. The van der Waals surface area contributed by atoms with Gasteiger partial charge in [-0.1, -0.05) is 13.3 Å². The minimum Gasteiger partial charge on any atom is -0.352 e. The number of sulfone groups is 1. The molecule has 9 heteroatoms. The Labute approximate surface area is 149 Å². The smallest absolute Gasteiger partial charge is 0.251 e. The molecule has 0 saturated carbocycles. The summed E-state index contributed by atoms with van der Waals surface area (Å²) in [6.07, 6.45) is 2.16.